The van der Waals surface area contributed by atoms with Crippen molar-refractivity contribution in [2.75, 3.05) is 13.6 Å². The molecule has 164 valence electrons. The number of carbonyl (C=O) groups is 2. The molecule has 1 atom stereocenters. The Hall–Kier alpha value is -1.92. The van der Waals surface area contributed by atoms with E-state index in [1.54, 1.807) is 25.2 Å². The van der Waals surface area contributed by atoms with Crippen LogP contribution in [0.3, 0.4) is 0 Å². The molecule has 6 nitrogen and oxygen atoms in total. The van der Waals surface area contributed by atoms with Crippen LogP contribution in [0.25, 0.3) is 0 Å². The van der Waals surface area contributed by atoms with E-state index in [9.17, 15) is 14.7 Å². The quantitative estimate of drug-likeness (QED) is 0.473. The average molecular weight is 408 g/mol. The van der Waals surface area contributed by atoms with E-state index in [2.05, 4.69) is 5.32 Å². The number of ether oxygens (including phenoxy) is 2. The maximum atomic E-state index is 12.8. The lowest BCUT2D eigenvalue weighted by molar-refractivity contribution is -0.149. The average Bonchev–Trinajstić information content (AvgIpc) is 2.62. The van der Waals surface area contributed by atoms with E-state index in [0.29, 0.717) is 12.1 Å². The van der Waals surface area contributed by atoms with Crippen LogP contribution in [0, 0.1) is 22.7 Å². The van der Waals surface area contributed by atoms with Crippen molar-refractivity contribution < 1.29 is 24.2 Å². The molecule has 1 rings (SSSR count). The Morgan fingerprint density at radius 1 is 0.931 bits per heavy atom. The largest absolute Gasteiger partial charge is 0.422 e. The van der Waals surface area contributed by atoms with E-state index in [-0.39, 0.29) is 23.3 Å². The monoisotopic (exact) mass is 407 g/mol. The Balaban J connectivity index is 3.31. The Morgan fingerprint density at radius 2 is 1.38 bits per heavy atom. The Kier molecular flexibility index (Phi) is 8.42. The minimum absolute atomic E-state index is 0.0546. The topological polar surface area (TPSA) is 84.9 Å². The highest BCUT2D eigenvalue weighted by molar-refractivity contribution is 5.81. The number of aliphatic hydroxyl groups excluding tert-OH is 1. The zero-order chi connectivity index (χ0) is 22.6. The second-order valence-electron chi connectivity index (χ2n) is 9.31. The Bertz CT molecular complexity index is 722. The number of likely N-dealkylation sites (N-methyl/N-ethyl adjacent to an activating group) is 1. The highest BCUT2D eigenvalue weighted by Gasteiger charge is 2.36. The van der Waals surface area contributed by atoms with Crippen molar-refractivity contribution in [1.82, 2.24) is 5.32 Å². The fraction of sp³-hybridized carbons (Fsp3) is 0.652. The van der Waals surface area contributed by atoms with Crippen molar-refractivity contribution in [1.29, 1.82) is 0 Å². The van der Waals surface area contributed by atoms with Crippen molar-refractivity contribution in [2.45, 2.75) is 61.5 Å². The molecule has 0 aromatic heterocycles. The third-order valence-corrected chi connectivity index (χ3v) is 6.09. The lowest BCUT2D eigenvalue weighted by Gasteiger charge is -2.28. The standard InChI is InChI=1S/C23H37NO5/c1-14(2)22(5,6)20(26)28-18-11-10-16(17(25)13-24-9)12-19(18)29-21(27)23(7,8)15(3)4/h10-12,14-15,17,24-25H,13H2,1-9H3. The van der Waals surface area contributed by atoms with Crippen molar-refractivity contribution >= 4 is 11.9 Å². The SMILES string of the molecule is CNCC(O)c1ccc(OC(=O)C(C)(C)C(C)C)c(OC(=O)C(C)(C)C(C)C)c1. The first-order valence-corrected chi connectivity index (χ1v) is 10.2. The van der Waals surface area contributed by atoms with Crippen molar-refractivity contribution in [3.63, 3.8) is 0 Å². The van der Waals surface area contributed by atoms with Gasteiger partial charge in [0.15, 0.2) is 11.5 Å². The lowest BCUT2D eigenvalue weighted by atomic mass is 9.81. The molecule has 0 aliphatic heterocycles. The van der Waals surface area contributed by atoms with Crippen molar-refractivity contribution in [3.8, 4) is 11.5 Å². The van der Waals surface area contributed by atoms with Crippen LogP contribution in [0.5, 0.6) is 11.5 Å². The van der Waals surface area contributed by atoms with Gasteiger partial charge < -0.3 is 19.9 Å². The van der Waals surface area contributed by atoms with Crippen LogP contribution in [0.15, 0.2) is 18.2 Å². The summed E-state index contributed by atoms with van der Waals surface area (Å²) in [6.45, 7) is 15.4. The molecule has 2 N–H and O–H groups in total. The summed E-state index contributed by atoms with van der Waals surface area (Å²) in [6.07, 6.45) is -0.785. The van der Waals surface area contributed by atoms with Crippen LogP contribution in [-0.2, 0) is 9.59 Å². The van der Waals surface area contributed by atoms with Crippen LogP contribution < -0.4 is 14.8 Å². The molecule has 0 heterocycles. The molecule has 0 bridgehead atoms. The number of esters is 2. The van der Waals surface area contributed by atoms with Gasteiger partial charge in [-0.05, 0) is 64.3 Å². The maximum Gasteiger partial charge on any atom is 0.317 e. The van der Waals surface area contributed by atoms with Crippen LogP contribution in [0.4, 0.5) is 0 Å². The summed E-state index contributed by atoms with van der Waals surface area (Å²) in [4.78, 5) is 25.5. The van der Waals surface area contributed by atoms with Gasteiger partial charge in [-0.25, -0.2) is 0 Å². The predicted molar refractivity (Wildman–Crippen MR) is 114 cm³/mol. The summed E-state index contributed by atoms with van der Waals surface area (Å²) in [5.41, 5.74) is -0.867. The van der Waals surface area contributed by atoms with Crippen LogP contribution in [-0.4, -0.2) is 30.6 Å². The van der Waals surface area contributed by atoms with Gasteiger partial charge in [0.05, 0.1) is 16.9 Å². The van der Waals surface area contributed by atoms with Gasteiger partial charge >= 0.3 is 11.9 Å². The molecule has 1 aromatic rings. The first kappa shape index (κ1) is 25.1. The van der Waals surface area contributed by atoms with E-state index in [4.69, 9.17) is 9.47 Å². The fourth-order valence-corrected chi connectivity index (χ4v) is 2.14. The molecule has 0 amide bonds. The molecule has 6 heteroatoms. The minimum atomic E-state index is -0.785. The molecular formula is C23H37NO5. The molecule has 0 saturated heterocycles. The molecule has 0 aliphatic rings. The van der Waals surface area contributed by atoms with Gasteiger partial charge in [0, 0.05) is 6.54 Å². The molecule has 0 radical (unpaired) electrons. The molecule has 0 aliphatic carbocycles. The second-order valence-corrected chi connectivity index (χ2v) is 9.31. The number of aliphatic hydroxyl groups is 1. The normalized spacial score (nSPS) is 13.5. The van der Waals surface area contributed by atoms with Gasteiger partial charge in [0.25, 0.3) is 0 Å². The van der Waals surface area contributed by atoms with Gasteiger partial charge in [-0.2, -0.15) is 0 Å². The van der Waals surface area contributed by atoms with Crippen LogP contribution in [0.2, 0.25) is 0 Å². The summed E-state index contributed by atoms with van der Waals surface area (Å²) < 4.78 is 11.3. The summed E-state index contributed by atoms with van der Waals surface area (Å²) >= 11 is 0. The predicted octanol–water partition coefficient (Wildman–Crippen LogP) is 4.11. The highest BCUT2D eigenvalue weighted by atomic mass is 16.6. The van der Waals surface area contributed by atoms with Gasteiger partial charge in [0.2, 0.25) is 0 Å². The number of carbonyl (C=O) groups excluding carboxylic acids is 2. The van der Waals surface area contributed by atoms with Gasteiger partial charge in [-0.3, -0.25) is 9.59 Å². The molecule has 1 unspecified atom stereocenters. The summed E-state index contributed by atoms with van der Waals surface area (Å²) in [5.74, 6) is -0.414. The van der Waals surface area contributed by atoms with E-state index < -0.39 is 28.9 Å². The number of rotatable bonds is 9. The molecule has 29 heavy (non-hydrogen) atoms. The van der Waals surface area contributed by atoms with Crippen molar-refractivity contribution in [2.24, 2.45) is 22.7 Å². The second kappa shape index (κ2) is 9.72. The lowest BCUT2D eigenvalue weighted by Crippen LogP contribution is -2.35. The molecule has 0 saturated carbocycles. The summed E-state index contributed by atoms with van der Waals surface area (Å²) in [6, 6.07) is 4.78. The molecule has 0 spiro atoms. The molecule has 1 aromatic carbocycles. The zero-order valence-electron chi connectivity index (χ0n) is 19.3. The third kappa shape index (κ3) is 6.03. The number of benzene rings is 1. The zero-order valence-corrected chi connectivity index (χ0v) is 19.3. The fourth-order valence-electron chi connectivity index (χ4n) is 2.14. The van der Waals surface area contributed by atoms with E-state index in [1.807, 2.05) is 55.4 Å². The van der Waals surface area contributed by atoms with E-state index in [1.165, 1.54) is 0 Å². The van der Waals surface area contributed by atoms with E-state index >= 15 is 0 Å². The van der Waals surface area contributed by atoms with Gasteiger partial charge in [-0.1, -0.05) is 33.8 Å². The number of hydrogen-bond acceptors (Lipinski definition) is 6. The van der Waals surface area contributed by atoms with Crippen LogP contribution in [0.1, 0.15) is 67.1 Å². The molecular weight excluding hydrogens is 370 g/mol. The highest BCUT2D eigenvalue weighted by Crippen LogP contribution is 2.37. The summed E-state index contributed by atoms with van der Waals surface area (Å²) in [5, 5.41) is 13.2. The summed E-state index contributed by atoms with van der Waals surface area (Å²) in [7, 11) is 1.74. The maximum absolute atomic E-state index is 12.8. The molecule has 0 fully saturated rings. The third-order valence-electron chi connectivity index (χ3n) is 6.09. The first-order chi connectivity index (χ1) is 13.2. The van der Waals surface area contributed by atoms with Gasteiger partial charge in [0.1, 0.15) is 0 Å². The Morgan fingerprint density at radius 3 is 1.79 bits per heavy atom. The van der Waals surface area contributed by atoms with Crippen molar-refractivity contribution in [3.05, 3.63) is 23.8 Å². The first-order valence-electron chi connectivity index (χ1n) is 10.2. The number of hydrogen-bond donors (Lipinski definition) is 2. The minimum Gasteiger partial charge on any atom is -0.422 e. The van der Waals surface area contributed by atoms with Gasteiger partial charge in [-0.15, -0.1) is 0 Å². The van der Waals surface area contributed by atoms with Crippen LogP contribution >= 0.6 is 0 Å². The number of nitrogens with one attached hydrogen (secondary N) is 1. The smallest absolute Gasteiger partial charge is 0.317 e. The van der Waals surface area contributed by atoms with E-state index in [0.717, 1.165) is 0 Å². The Labute approximate surface area is 175 Å².